The Morgan fingerprint density at radius 3 is 2.52 bits per heavy atom. The molecule has 0 radical (unpaired) electrons. The Bertz CT molecular complexity index is 738. The highest BCUT2D eigenvalue weighted by atomic mass is 35.5. The van der Waals surface area contributed by atoms with E-state index in [0.717, 1.165) is 12.2 Å². The van der Waals surface area contributed by atoms with Gasteiger partial charge in [0.2, 0.25) is 0 Å². The van der Waals surface area contributed by atoms with Gasteiger partial charge >= 0.3 is 0 Å². The molecule has 2 N–H and O–H groups in total. The van der Waals surface area contributed by atoms with Gasteiger partial charge in [-0.2, -0.15) is 0 Å². The third kappa shape index (κ3) is 2.49. The van der Waals surface area contributed by atoms with Crippen LogP contribution in [0.2, 0.25) is 0 Å². The summed E-state index contributed by atoms with van der Waals surface area (Å²) in [5.74, 6) is 0.0588. The molecule has 4 heteroatoms. The molecule has 2 aromatic rings. The number of carbonyl (C=O) groups excluding carboxylic acids is 1. The van der Waals surface area contributed by atoms with E-state index in [1.165, 1.54) is 31.2 Å². The maximum Gasteiger partial charge on any atom is 0.258 e. The Kier molecular flexibility index (Phi) is 4.07. The number of rotatable bonds is 1. The first-order valence-corrected chi connectivity index (χ1v) is 7.97. The molecule has 2 aliphatic rings. The Hall–Kier alpha value is -2.00. The second-order valence-corrected chi connectivity index (χ2v) is 6.52. The third-order valence-electron chi connectivity index (χ3n) is 5.17. The van der Waals surface area contributed by atoms with E-state index in [0.29, 0.717) is 11.3 Å². The number of para-hydroxylation sites is 1. The smallest absolute Gasteiger partial charge is 0.258 e. The number of fused-ring (bicyclic) bond motifs is 2. The van der Waals surface area contributed by atoms with E-state index in [1.54, 1.807) is 6.07 Å². The zero-order valence-electron chi connectivity index (χ0n) is 13.0. The average molecular weight is 329 g/mol. The summed E-state index contributed by atoms with van der Waals surface area (Å²) in [6, 6.07) is 15.7. The van der Waals surface area contributed by atoms with Gasteiger partial charge in [-0.15, -0.1) is 12.4 Å². The van der Waals surface area contributed by atoms with Gasteiger partial charge in [-0.3, -0.25) is 4.79 Å². The molecule has 0 saturated heterocycles. The third-order valence-corrected chi connectivity index (χ3v) is 5.17. The van der Waals surface area contributed by atoms with Crippen LogP contribution in [0.1, 0.15) is 41.6 Å². The first-order valence-electron chi connectivity index (χ1n) is 7.97. The number of carbonyl (C=O) groups is 1. The van der Waals surface area contributed by atoms with E-state index in [1.807, 2.05) is 29.2 Å². The van der Waals surface area contributed by atoms with E-state index < -0.39 is 0 Å². The summed E-state index contributed by atoms with van der Waals surface area (Å²) in [6.45, 7) is 0.806. The standard InChI is InChI=1S/C19H20N2O.ClH/c20-15-7-5-6-14(12-15)18(22)21-13-19(10-3-4-11-19)16-8-1-2-9-17(16)21;/h1-2,5-9,12H,3-4,10-11,13,20H2;1H. The van der Waals surface area contributed by atoms with Crippen molar-refractivity contribution in [1.82, 2.24) is 0 Å². The van der Waals surface area contributed by atoms with Gasteiger partial charge in [0.25, 0.3) is 5.91 Å². The summed E-state index contributed by atoms with van der Waals surface area (Å²) in [5, 5.41) is 0. The quantitative estimate of drug-likeness (QED) is 0.799. The molecule has 1 spiro atoms. The molecule has 23 heavy (non-hydrogen) atoms. The van der Waals surface area contributed by atoms with Crippen molar-refractivity contribution >= 4 is 29.7 Å². The Balaban J connectivity index is 0.00000156. The minimum atomic E-state index is 0. The summed E-state index contributed by atoms with van der Waals surface area (Å²) in [7, 11) is 0. The van der Waals surface area contributed by atoms with Crippen molar-refractivity contribution in [2.24, 2.45) is 0 Å². The summed E-state index contributed by atoms with van der Waals surface area (Å²) in [4.78, 5) is 14.9. The van der Waals surface area contributed by atoms with E-state index in [2.05, 4.69) is 18.2 Å². The van der Waals surface area contributed by atoms with Crippen molar-refractivity contribution in [3.05, 3.63) is 59.7 Å². The fraction of sp³-hybridized carbons (Fsp3) is 0.316. The lowest BCUT2D eigenvalue weighted by atomic mass is 9.81. The minimum absolute atomic E-state index is 0. The number of hydrogen-bond donors (Lipinski definition) is 1. The summed E-state index contributed by atoms with van der Waals surface area (Å²) in [6.07, 6.45) is 4.89. The van der Waals surface area contributed by atoms with Gasteiger partial charge in [0.1, 0.15) is 0 Å². The molecule has 1 fully saturated rings. The zero-order chi connectivity index (χ0) is 15.2. The van der Waals surface area contributed by atoms with Crippen LogP contribution in [-0.4, -0.2) is 12.5 Å². The lowest BCUT2D eigenvalue weighted by molar-refractivity contribution is 0.0985. The van der Waals surface area contributed by atoms with Crippen LogP contribution >= 0.6 is 12.4 Å². The SMILES string of the molecule is Cl.Nc1cccc(C(=O)N2CC3(CCCC3)c3ccccc32)c1. The molecule has 2 aromatic carbocycles. The molecule has 1 amide bonds. The van der Waals surface area contributed by atoms with Crippen LogP contribution in [0.4, 0.5) is 11.4 Å². The van der Waals surface area contributed by atoms with Crippen LogP contribution in [0, 0.1) is 0 Å². The van der Waals surface area contributed by atoms with Gasteiger partial charge < -0.3 is 10.6 Å². The van der Waals surface area contributed by atoms with Crippen LogP contribution < -0.4 is 10.6 Å². The van der Waals surface area contributed by atoms with E-state index >= 15 is 0 Å². The molecule has 1 saturated carbocycles. The fourth-order valence-electron chi connectivity index (χ4n) is 4.12. The number of nitrogen functional groups attached to an aromatic ring is 1. The predicted octanol–water partition coefficient (Wildman–Crippen LogP) is 4.16. The largest absolute Gasteiger partial charge is 0.399 e. The summed E-state index contributed by atoms with van der Waals surface area (Å²) >= 11 is 0. The maximum atomic E-state index is 13.0. The molecule has 4 rings (SSSR count). The molecule has 1 aliphatic heterocycles. The Morgan fingerprint density at radius 2 is 1.78 bits per heavy atom. The van der Waals surface area contributed by atoms with Crippen LogP contribution in [-0.2, 0) is 5.41 Å². The summed E-state index contributed by atoms with van der Waals surface area (Å²) < 4.78 is 0. The number of benzene rings is 2. The van der Waals surface area contributed by atoms with Gasteiger partial charge in [0.05, 0.1) is 0 Å². The van der Waals surface area contributed by atoms with Gasteiger partial charge in [-0.05, 0) is 42.7 Å². The molecule has 1 aliphatic carbocycles. The molecule has 1 heterocycles. The van der Waals surface area contributed by atoms with Crippen LogP contribution in [0.3, 0.4) is 0 Å². The van der Waals surface area contributed by atoms with Crippen LogP contribution in [0.5, 0.6) is 0 Å². The van der Waals surface area contributed by atoms with Crippen molar-refractivity contribution < 1.29 is 4.79 Å². The van der Waals surface area contributed by atoms with E-state index in [9.17, 15) is 4.79 Å². The molecule has 3 nitrogen and oxygen atoms in total. The number of halogens is 1. The Labute approximate surface area is 142 Å². The average Bonchev–Trinajstić information content (AvgIpc) is 3.14. The molecular weight excluding hydrogens is 308 g/mol. The van der Waals surface area contributed by atoms with Crippen molar-refractivity contribution in [3.63, 3.8) is 0 Å². The van der Waals surface area contributed by atoms with E-state index in [-0.39, 0.29) is 23.7 Å². The van der Waals surface area contributed by atoms with Gasteiger partial charge in [-0.1, -0.05) is 37.1 Å². The van der Waals surface area contributed by atoms with Crippen molar-refractivity contribution in [3.8, 4) is 0 Å². The number of nitrogens with zero attached hydrogens (tertiary/aromatic N) is 1. The van der Waals surface area contributed by atoms with Crippen LogP contribution in [0.25, 0.3) is 0 Å². The molecule has 120 valence electrons. The molecule has 0 atom stereocenters. The normalized spacial score (nSPS) is 17.8. The van der Waals surface area contributed by atoms with Gasteiger partial charge in [0, 0.05) is 28.9 Å². The lowest BCUT2D eigenvalue weighted by Gasteiger charge is -2.24. The van der Waals surface area contributed by atoms with E-state index in [4.69, 9.17) is 5.73 Å². The highest BCUT2D eigenvalue weighted by molar-refractivity contribution is 6.08. The topological polar surface area (TPSA) is 46.3 Å². The number of anilines is 2. The minimum Gasteiger partial charge on any atom is -0.399 e. The van der Waals surface area contributed by atoms with Crippen LogP contribution in [0.15, 0.2) is 48.5 Å². The second-order valence-electron chi connectivity index (χ2n) is 6.52. The first kappa shape index (κ1) is 15.9. The summed E-state index contributed by atoms with van der Waals surface area (Å²) in [5.41, 5.74) is 9.74. The van der Waals surface area contributed by atoms with Crippen molar-refractivity contribution in [2.75, 3.05) is 17.2 Å². The highest BCUT2D eigenvalue weighted by Crippen LogP contribution is 2.50. The van der Waals surface area contributed by atoms with Crippen molar-refractivity contribution in [2.45, 2.75) is 31.1 Å². The Morgan fingerprint density at radius 1 is 1.04 bits per heavy atom. The monoisotopic (exact) mass is 328 g/mol. The van der Waals surface area contributed by atoms with Gasteiger partial charge in [-0.25, -0.2) is 0 Å². The first-order chi connectivity index (χ1) is 10.7. The number of hydrogen-bond acceptors (Lipinski definition) is 2. The maximum absolute atomic E-state index is 13.0. The second kappa shape index (κ2) is 5.89. The number of nitrogens with two attached hydrogens (primary N) is 1. The lowest BCUT2D eigenvalue weighted by Crippen LogP contribution is -2.35. The van der Waals surface area contributed by atoms with Gasteiger partial charge in [0.15, 0.2) is 0 Å². The number of amides is 1. The molecule has 0 bridgehead atoms. The van der Waals surface area contributed by atoms with Crippen molar-refractivity contribution in [1.29, 1.82) is 0 Å². The molecule has 0 unspecified atom stereocenters. The highest BCUT2D eigenvalue weighted by Gasteiger charge is 2.46. The molecule has 0 aromatic heterocycles. The zero-order valence-corrected chi connectivity index (χ0v) is 13.8. The molecular formula is C19H21ClN2O. The predicted molar refractivity (Wildman–Crippen MR) is 96.4 cm³/mol. The fourth-order valence-corrected chi connectivity index (χ4v) is 4.12.